The summed E-state index contributed by atoms with van der Waals surface area (Å²) in [4.78, 5) is 82.0. The highest BCUT2D eigenvalue weighted by atomic mass is 32.1. The van der Waals surface area contributed by atoms with Crippen molar-refractivity contribution in [3.8, 4) is 0 Å². The number of thiol groups is 1. The van der Waals surface area contributed by atoms with Gasteiger partial charge in [-0.25, -0.2) is 4.79 Å². The minimum Gasteiger partial charge on any atom is -0.480 e. The molecule has 0 saturated heterocycles. The Balaban J connectivity index is 5.52. The molecule has 16 heteroatoms. The van der Waals surface area contributed by atoms with E-state index in [4.69, 9.17) is 28.0 Å². The van der Waals surface area contributed by atoms with E-state index in [0.717, 1.165) is 0 Å². The number of carbonyl (C=O) groups is 7. The van der Waals surface area contributed by atoms with Crippen LogP contribution in [-0.4, -0.2) is 76.4 Å². The average Bonchev–Trinajstić information content (AvgIpc) is 2.74. The van der Waals surface area contributed by atoms with Crippen molar-refractivity contribution in [1.29, 1.82) is 0 Å². The SMILES string of the molecule is NC(=O)CCC(N)C(=O)NC(CCC(N)=O)C(=O)NC(CCC(N)=O)C(=O)NC(CS)C(=O)O. The first-order valence-electron chi connectivity index (χ1n) is 10.1. The van der Waals surface area contributed by atoms with Crippen molar-refractivity contribution < 1.29 is 38.7 Å². The number of aliphatic carboxylic acids is 1. The van der Waals surface area contributed by atoms with E-state index >= 15 is 0 Å². The van der Waals surface area contributed by atoms with Crippen LogP contribution in [0.15, 0.2) is 0 Å². The van der Waals surface area contributed by atoms with Crippen LogP contribution in [0.1, 0.15) is 38.5 Å². The Morgan fingerprint density at radius 1 is 0.647 bits per heavy atom. The Morgan fingerprint density at radius 3 is 1.35 bits per heavy atom. The Hall–Kier alpha value is -3.40. The zero-order chi connectivity index (χ0) is 26.4. The number of nitrogens with one attached hydrogen (secondary N) is 3. The first-order valence-corrected chi connectivity index (χ1v) is 10.8. The molecule has 15 nitrogen and oxygen atoms in total. The summed E-state index contributed by atoms with van der Waals surface area (Å²) in [5.41, 5.74) is 20.9. The minimum atomic E-state index is -1.40. The summed E-state index contributed by atoms with van der Waals surface area (Å²) in [5, 5.41) is 15.9. The topological polar surface area (TPSA) is 280 Å². The molecule has 0 radical (unpaired) electrons. The first-order chi connectivity index (χ1) is 15.8. The number of carboxylic acid groups (broad SMARTS) is 1. The monoisotopic (exact) mass is 505 g/mol. The second kappa shape index (κ2) is 15.4. The van der Waals surface area contributed by atoms with Crippen molar-refractivity contribution in [1.82, 2.24) is 16.0 Å². The van der Waals surface area contributed by atoms with E-state index in [1.165, 1.54) is 0 Å². The van der Waals surface area contributed by atoms with Crippen LogP contribution in [0.3, 0.4) is 0 Å². The van der Waals surface area contributed by atoms with Crippen molar-refractivity contribution in [2.45, 2.75) is 62.7 Å². The van der Waals surface area contributed by atoms with Gasteiger partial charge in [0.15, 0.2) is 0 Å². The number of nitrogens with two attached hydrogens (primary N) is 4. The van der Waals surface area contributed by atoms with E-state index in [1.807, 2.05) is 0 Å². The number of hydrogen-bond acceptors (Lipinski definition) is 9. The van der Waals surface area contributed by atoms with Gasteiger partial charge < -0.3 is 44.0 Å². The smallest absolute Gasteiger partial charge is 0.327 e. The predicted molar refractivity (Wildman–Crippen MR) is 121 cm³/mol. The zero-order valence-corrected chi connectivity index (χ0v) is 19.2. The van der Waals surface area contributed by atoms with Crippen molar-refractivity contribution in [2.24, 2.45) is 22.9 Å². The lowest BCUT2D eigenvalue weighted by atomic mass is 10.1. The van der Waals surface area contributed by atoms with Gasteiger partial charge in [-0.2, -0.15) is 12.6 Å². The molecule has 0 aromatic carbocycles. The maximum absolute atomic E-state index is 12.8. The molecule has 0 aromatic heterocycles. The first kappa shape index (κ1) is 30.6. The molecule has 34 heavy (non-hydrogen) atoms. The number of rotatable bonds is 17. The lowest BCUT2D eigenvalue weighted by Crippen LogP contribution is -2.57. The van der Waals surface area contributed by atoms with E-state index in [0.29, 0.717) is 0 Å². The summed E-state index contributed by atoms with van der Waals surface area (Å²) in [7, 11) is 0. The Labute approximate surface area is 200 Å². The summed E-state index contributed by atoms with van der Waals surface area (Å²) < 4.78 is 0. The molecule has 0 aliphatic carbocycles. The van der Waals surface area contributed by atoms with Crippen LogP contribution in [0.2, 0.25) is 0 Å². The average molecular weight is 506 g/mol. The molecule has 0 aliphatic rings. The molecule has 0 aromatic rings. The van der Waals surface area contributed by atoms with Crippen LogP contribution in [0.4, 0.5) is 0 Å². The Kier molecular flexibility index (Phi) is 13.9. The van der Waals surface area contributed by atoms with Crippen LogP contribution in [-0.2, 0) is 33.6 Å². The molecule has 0 rings (SSSR count). The van der Waals surface area contributed by atoms with Crippen molar-refractivity contribution in [3.05, 3.63) is 0 Å². The fraction of sp³-hybridized carbons (Fsp3) is 0.611. The normalized spacial score (nSPS) is 14.1. The Morgan fingerprint density at radius 2 is 1.00 bits per heavy atom. The van der Waals surface area contributed by atoms with Crippen molar-refractivity contribution in [3.63, 3.8) is 0 Å². The minimum absolute atomic E-state index is 0.102. The molecular weight excluding hydrogens is 474 g/mol. The highest BCUT2D eigenvalue weighted by Crippen LogP contribution is 2.05. The van der Waals surface area contributed by atoms with Gasteiger partial charge >= 0.3 is 5.97 Å². The lowest BCUT2D eigenvalue weighted by molar-refractivity contribution is -0.141. The highest BCUT2D eigenvalue weighted by molar-refractivity contribution is 7.80. The van der Waals surface area contributed by atoms with E-state index in [2.05, 4.69) is 28.6 Å². The molecule has 6 amide bonds. The quantitative estimate of drug-likeness (QED) is 0.0861. The lowest BCUT2D eigenvalue weighted by Gasteiger charge is -2.24. The third-order valence-corrected chi connectivity index (χ3v) is 4.83. The van der Waals surface area contributed by atoms with E-state index < -0.39 is 65.6 Å². The summed E-state index contributed by atoms with van der Waals surface area (Å²) in [6.07, 6.45) is -1.46. The fourth-order valence-electron chi connectivity index (χ4n) is 2.55. The second-order valence-electron chi connectivity index (χ2n) is 7.33. The fourth-order valence-corrected chi connectivity index (χ4v) is 2.80. The highest BCUT2D eigenvalue weighted by Gasteiger charge is 2.30. The molecule has 4 unspecified atom stereocenters. The van der Waals surface area contributed by atoms with E-state index in [-0.39, 0.29) is 44.3 Å². The standard InChI is InChI=1S/C18H31N7O8S/c19-8(1-4-12(20)26)15(29)23-9(2-5-13(21)27)16(30)24-10(3-6-14(22)28)17(31)25-11(7-34)18(32)33/h8-11,34H,1-7,19H2,(H2,20,26)(H2,21,27)(H2,22,28)(H,23,29)(H,24,30)(H,25,31)(H,32,33). The molecular formula is C18H31N7O8S. The second-order valence-corrected chi connectivity index (χ2v) is 7.69. The van der Waals surface area contributed by atoms with Gasteiger partial charge in [-0.3, -0.25) is 28.8 Å². The Bertz CT molecular complexity index is 794. The molecule has 12 N–H and O–H groups in total. The molecule has 0 aliphatic heterocycles. The number of carboxylic acids is 1. The summed E-state index contributed by atoms with van der Waals surface area (Å²) in [6, 6.07) is -5.35. The maximum Gasteiger partial charge on any atom is 0.327 e. The van der Waals surface area contributed by atoms with Crippen molar-refractivity contribution >= 4 is 54.0 Å². The third-order valence-electron chi connectivity index (χ3n) is 4.46. The predicted octanol–water partition coefficient (Wildman–Crippen LogP) is -4.42. The summed E-state index contributed by atoms with van der Waals surface area (Å²) in [6.45, 7) is 0. The van der Waals surface area contributed by atoms with Crippen LogP contribution >= 0.6 is 12.6 Å². The van der Waals surface area contributed by atoms with Crippen LogP contribution in [0.5, 0.6) is 0 Å². The van der Waals surface area contributed by atoms with Crippen LogP contribution in [0.25, 0.3) is 0 Å². The van der Waals surface area contributed by atoms with Gasteiger partial charge in [0.05, 0.1) is 6.04 Å². The largest absolute Gasteiger partial charge is 0.480 e. The number of carbonyl (C=O) groups excluding carboxylic acids is 6. The molecule has 0 bridgehead atoms. The molecule has 0 heterocycles. The van der Waals surface area contributed by atoms with Gasteiger partial charge in [0.1, 0.15) is 18.1 Å². The summed E-state index contributed by atoms with van der Waals surface area (Å²) >= 11 is 3.83. The number of primary amides is 3. The third kappa shape index (κ3) is 12.6. The van der Waals surface area contributed by atoms with Crippen LogP contribution in [0, 0.1) is 0 Å². The van der Waals surface area contributed by atoms with E-state index in [9.17, 15) is 33.6 Å². The van der Waals surface area contributed by atoms with Gasteiger partial charge in [0, 0.05) is 25.0 Å². The van der Waals surface area contributed by atoms with Crippen molar-refractivity contribution in [2.75, 3.05) is 5.75 Å². The molecule has 4 atom stereocenters. The van der Waals surface area contributed by atoms with Gasteiger partial charge in [-0.15, -0.1) is 0 Å². The van der Waals surface area contributed by atoms with Gasteiger partial charge in [-0.05, 0) is 19.3 Å². The molecule has 0 saturated carbocycles. The van der Waals surface area contributed by atoms with Gasteiger partial charge in [0.25, 0.3) is 0 Å². The maximum atomic E-state index is 12.8. The summed E-state index contributed by atoms with van der Waals surface area (Å²) in [5.74, 6) is -6.56. The number of amides is 6. The van der Waals surface area contributed by atoms with Gasteiger partial charge in [-0.1, -0.05) is 0 Å². The zero-order valence-electron chi connectivity index (χ0n) is 18.3. The van der Waals surface area contributed by atoms with Crippen LogP contribution < -0.4 is 38.9 Å². The molecule has 0 fully saturated rings. The molecule has 0 spiro atoms. The molecule has 192 valence electrons. The number of hydrogen-bond donors (Lipinski definition) is 9. The van der Waals surface area contributed by atoms with Gasteiger partial charge in [0.2, 0.25) is 35.4 Å². The van der Waals surface area contributed by atoms with E-state index in [1.54, 1.807) is 0 Å².